The number of rotatable bonds is 4. The zero-order chi connectivity index (χ0) is 22.9. The van der Waals surface area contributed by atoms with Gasteiger partial charge in [0.15, 0.2) is 5.82 Å². The summed E-state index contributed by atoms with van der Waals surface area (Å²) < 4.78 is 7.88. The molecule has 5 heterocycles. The number of amides is 1. The summed E-state index contributed by atoms with van der Waals surface area (Å²) in [5.41, 5.74) is 2.29. The lowest BCUT2D eigenvalue weighted by molar-refractivity contribution is 0.0732. The minimum atomic E-state index is 0.0148. The lowest BCUT2D eigenvalue weighted by atomic mass is 10.1. The molecule has 0 saturated carbocycles. The molecule has 0 radical (unpaired) electrons. The first-order chi connectivity index (χ1) is 16.8. The van der Waals surface area contributed by atoms with Crippen molar-refractivity contribution in [3.05, 3.63) is 52.9 Å². The monoisotopic (exact) mass is 477 g/mol. The van der Waals surface area contributed by atoms with E-state index in [-0.39, 0.29) is 11.9 Å². The molecule has 2 fully saturated rings. The highest BCUT2D eigenvalue weighted by Crippen LogP contribution is 2.41. The van der Waals surface area contributed by atoms with E-state index < -0.39 is 0 Å². The first-order valence-electron chi connectivity index (χ1n) is 12.5. The molecule has 3 aliphatic rings. The van der Waals surface area contributed by atoms with Gasteiger partial charge in [0.05, 0.1) is 29.1 Å². The second kappa shape index (κ2) is 9.50. The van der Waals surface area contributed by atoms with E-state index in [1.807, 2.05) is 11.0 Å². The van der Waals surface area contributed by atoms with Gasteiger partial charge in [-0.15, -0.1) is 21.5 Å². The van der Waals surface area contributed by atoms with Crippen molar-refractivity contribution < 1.29 is 9.53 Å². The fourth-order valence-electron chi connectivity index (χ4n) is 5.49. The van der Waals surface area contributed by atoms with Gasteiger partial charge >= 0.3 is 0 Å². The summed E-state index contributed by atoms with van der Waals surface area (Å²) in [6.07, 6.45) is 6.52. The molecule has 2 aromatic heterocycles. The van der Waals surface area contributed by atoms with Crippen LogP contribution in [0.3, 0.4) is 0 Å². The molecule has 8 heteroatoms. The molecule has 2 saturated heterocycles. The van der Waals surface area contributed by atoms with Gasteiger partial charge in [-0.3, -0.25) is 4.79 Å². The topological polar surface area (TPSA) is 63.5 Å². The van der Waals surface area contributed by atoms with E-state index in [4.69, 9.17) is 4.74 Å². The number of nitrogens with zero attached hydrogens (tertiary/aromatic N) is 5. The molecule has 0 aliphatic carbocycles. The molecule has 1 unspecified atom stereocenters. The Hall–Kier alpha value is -2.71. The molecule has 34 heavy (non-hydrogen) atoms. The quantitative estimate of drug-likeness (QED) is 0.552. The number of carbonyl (C=O) groups excluding carboxylic acids is 1. The predicted octanol–water partition coefficient (Wildman–Crippen LogP) is 4.55. The molecule has 6 rings (SSSR count). The Morgan fingerprint density at radius 1 is 0.971 bits per heavy atom. The lowest BCUT2D eigenvalue weighted by Crippen LogP contribution is -2.36. The maximum Gasteiger partial charge on any atom is 0.264 e. The molecule has 3 aromatic rings. The van der Waals surface area contributed by atoms with Gasteiger partial charge in [0.25, 0.3) is 5.91 Å². The van der Waals surface area contributed by atoms with Crippen molar-refractivity contribution in [1.29, 1.82) is 0 Å². The van der Waals surface area contributed by atoms with Crippen LogP contribution in [0, 0.1) is 0 Å². The zero-order valence-corrected chi connectivity index (χ0v) is 20.3. The average molecular weight is 478 g/mol. The van der Waals surface area contributed by atoms with Crippen molar-refractivity contribution in [2.24, 2.45) is 0 Å². The van der Waals surface area contributed by atoms with Gasteiger partial charge in [-0.1, -0.05) is 36.8 Å². The highest BCUT2D eigenvalue weighted by molar-refractivity contribution is 7.18. The fourth-order valence-corrected chi connectivity index (χ4v) is 6.67. The van der Waals surface area contributed by atoms with Crippen LogP contribution in [-0.2, 0) is 17.7 Å². The van der Waals surface area contributed by atoms with Crippen LogP contribution in [0.25, 0.3) is 11.1 Å². The molecule has 0 spiro atoms. The van der Waals surface area contributed by atoms with Crippen molar-refractivity contribution in [3.63, 3.8) is 0 Å². The van der Waals surface area contributed by atoms with Gasteiger partial charge in [-0.25, -0.2) is 0 Å². The number of carbonyl (C=O) groups is 1. The number of ether oxygens (including phenoxy) is 1. The van der Waals surface area contributed by atoms with Gasteiger partial charge in [0.1, 0.15) is 5.82 Å². The smallest absolute Gasteiger partial charge is 0.264 e. The summed E-state index contributed by atoms with van der Waals surface area (Å²) >= 11 is 1.62. The van der Waals surface area contributed by atoms with Crippen molar-refractivity contribution in [2.75, 3.05) is 37.7 Å². The van der Waals surface area contributed by atoms with Crippen LogP contribution in [0.4, 0.5) is 5.00 Å². The van der Waals surface area contributed by atoms with E-state index in [1.54, 1.807) is 11.3 Å². The summed E-state index contributed by atoms with van der Waals surface area (Å²) in [5, 5.41) is 10.3. The van der Waals surface area contributed by atoms with E-state index in [0.717, 1.165) is 92.7 Å². The molecular weight excluding hydrogens is 446 g/mol. The highest BCUT2D eigenvalue weighted by Gasteiger charge is 2.36. The van der Waals surface area contributed by atoms with Crippen LogP contribution in [0.15, 0.2) is 36.4 Å². The van der Waals surface area contributed by atoms with Crippen LogP contribution in [0.1, 0.15) is 59.5 Å². The standard InChI is InChI=1S/C26H31N5O2S/c32-25(30-13-7-10-21(30)24-28-27-23-11-5-2-6-12-31(23)24)22-18-20(19-8-3-1-4-9-19)26(34-22)29-14-16-33-17-15-29/h1,3-4,8-9,18,21H,2,5-7,10-17H2. The normalized spacial score (nSPS) is 20.9. The summed E-state index contributed by atoms with van der Waals surface area (Å²) in [6.45, 7) is 4.90. The second-order valence-electron chi connectivity index (χ2n) is 9.39. The summed E-state index contributed by atoms with van der Waals surface area (Å²) in [5.74, 6) is 2.19. The minimum Gasteiger partial charge on any atom is -0.378 e. The van der Waals surface area contributed by atoms with E-state index in [2.05, 4.69) is 50.0 Å². The van der Waals surface area contributed by atoms with Crippen LogP contribution in [0.5, 0.6) is 0 Å². The largest absolute Gasteiger partial charge is 0.378 e. The minimum absolute atomic E-state index is 0.0148. The van der Waals surface area contributed by atoms with Crippen molar-refractivity contribution in [2.45, 2.75) is 51.1 Å². The van der Waals surface area contributed by atoms with Gasteiger partial charge in [0.2, 0.25) is 0 Å². The van der Waals surface area contributed by atoms with Gasteiger partial charge in [-0.05, 0) is 37.3 Å². The van der Waals surface area contributed by atoms with E-state index in [0.29, 0.717) is 0 Å². The third-order valence-electron chi connectivity index (χ3n) is 7.26. The first-order valence-corrected chi connectivity index (χ1v) is 13.4. The van der Waals surface area contributed by atoms with Crippen molar-refractivity contribution in [1.82, 2.24) is 19.7 Å². The Kier molecular flexibility index (Phi) is 6.09. The Labute approximate surface area is 204 Å². The van der Waals surface area contributed by atoms with Crippen LogP contribution < -0.4 is 4.90 Å². The van der Waals surface area contributed by atoms with Gasteiger partial charge in [-0.2, -0.15) is 0 Å². The third-order valence-corrected chi connectivity index (χ3v) is 8.44. The SMILES string of the molecule is O=C(c1cc(-c2ccccc2)c(N2CCOCC2)s1)N1CCCC1c1nnc2n1CCCCC2. The number of thiophene rings is 1. The Bertz CT molecular complexity index is 1150. The number of aromatic nitrogens is 3. The fraction of sp³-hybridized carbons (Fsp3) is 0.500. The maximum absolute atomic E-state index is 13.9. The van der Waals surface area contributed by atoms with Crippen LogP contribution in [0.2, 0.25) is 0 Å². The first kappa shape index (κ1) is 21.8. The van der Waals surface area contributed by atoms with E-state index in [9.17, 15) is 4.79 Å². The number of hydrogen-bond acceptors (Lipinski definition) is 6. The zero-order valence-electron chi connectivity index (χ0n) is 19.5. The number of morpholine rings is 1. The summed E-state index contributed by atoms with van der Waals surface area (Å²) in [4.78, 5) is 19.1. The van der Waals surface area contributed by atoms with Gasteiger partial charge in [0, 0.05) is 38.2 Å². The Morgan fingerprint density at radius 2 is 1.82 bits per heavy atom. The van der Waals surface area contributed by atoms with Crippen LogP contribution in [-0.4, -0.2) is 58.4 Å². The molecule has 1 amide bonds. The third kappa shape index (κ3) is 4.03. The molecule has 1 aromatic carbocycles. The van der Waals surface area contributed by atoms with E-state index >= 15 is 0 Å². The second-order valence-corrected chi connectivity index (χ2v) is 10.4. The summed E-state index contributed by atoms with van der Waals surface area (Å²) in [7, 11) is 0. The molecule has 7 nitrogen and oxygen atoms in total. The number of anilines is 1. The van der Waals surface area contributed by atoms with Crippen molar-refractivity contribution in [3.8, 4) is 11.1 Å². The van der Waals surface area contributed by atoms with E-state index in [1.165, 1.54) is 17.8 Å². The molecule has 178 valence electrons. The molecular formula is C26H31N5O2S. The molecule has 3 aliphatic heterocycles. The number of hydrogen-bond donors (Lipinski definition) is 0. The lowest BCUT2D eigenvalue weighted by Gasteiger charge is -2.28. The Morgan fingerprint density at radius 3 is 2.68 bits per heavy atom. The summed E-state index contributed by atoms with van der Waals surface area (Å²) in [6, 6.07) is 12.5. The van der Waals surface area contributed by atoms with Crippen LogP contribution >= 0.6 is 11.3 Å². The number of fused-ring (bicyclic) bond motifs is 1. The average Bonchev–Trinajstić information content (AvgIpc) is 3.60. The van der Waals surface area contributed by atoms with Gasteiger partial charge < -0.3 is 19.1 Å². The number of likely N-dealkylation sites (tertiary alicyclic amines) is 1. The molecule has 0 bridgehead atoms. The highest BCUT2D eigenvalue weighted by atomic mass is 32.1. The number of benzene rings is 1. The molecule has 0 N–H and O–H groups in total. The maximum atomic E-state index is 13.9. The Balaban J connectivity index is 1.33. The predicted molar refractivity (Wildman–Crippen MR) is 133 cm³/mol. The number of aryl methyl sites for hydroxylation is 1. The molecule has 1 atom stereocenters. The van der Waals surface area contributed by atoms with Crippen molar-refractivity contribution >= 4 is 22.2 Å².